The van der Waals surface area contributed by atoms with Crippen molar-refractivity contribution in [3.63, 3.8) is 0 Å². The third-order valence-electron chi connectivity index (χ3n) is 7.17. The molecule has 0 saturated carbocycles. The quantitative estimate of drug-likeness (QED) is 0.270. The Morgan fingerprint density at radius 2 is 1.82 bits per heavy atom. The third kappa shape index (κ3) is 7.03. The second kappa shape index (κ2) is 12.6. The Morgan fingerprint density at radius 3 is 2.58 bits per heavy atom. The van der Waals surface area contributed by atoms with Gasteiger partial charge in [0, 0.05) is 36.8 Å². The number of aromatic amines is 1. The molecule has 0 unspecified atom stereocenters. The monoisotopic (exact) mass is 548 g/mol. The summed E-state index contributed by atoms with van der Waals surface area (Å²) in [7, 11) is 3.99. The zero-order valence-corrected chi connectivity index (χ0v) is 22.8. The van der Waals surface area contributed by atoms with E-state index in [0.717, 1.165) is 72.9 Å². The van der Waals surface area contributed by atoms with Gasteiger partial charge in [0.05, 0.1) is 5.52 Å². The fourth-order valence-electron chi connectivity index (χ4n) is 5.05. The van der Waals surface area contributed by atoms with E-state index in [1.807, 2.05) is 50.5 Å². The summed E-state index contributed by atoms with van der Waals surface area (Å²) < 4.78 is 38.9. The minimum absolute atomic E-state index is 0.257. The van der Waals surface area contributed by atoms with Crippen LogP contribution in [0.4, 0.5) is 14.6 Å². The highest BCUT2D eigenvalue weighted by atomic mass is 19.1. The summed E-state index contributed by atoms with van der Waals surface area (Å²) in [5.41, 5.74) is 3.62. The minimum Gasteiger partial charge on any atom is -0.492 e. The molecular formula is C31H34F2N4O3. The molecule has 0 aliphatic carbocycles. The topological polar surface area (TPSA) is 79.5 Å². The van der Waals surface area contributed by atoms with Crippen LogP contribution in [-0.2, 0) is 17.6 Å². The number of carbonyl (C=O) groups excluding carboxylic acids is 1. The number of H-pyrrole nitrogens is 1. The van der Waals surface area contributed by atoms with E-state index in [4.69, 9.17) is 9.47 Å². The largest absolute Gasteiger partial charge is 0.492 e. The fourth-order valence-corrected chi connectivity index (χ4v) is 5.05. The summed E-state index contributed by atoms with van der Waals surface area (Å²) in [6, 6.07) is 14.7. The van der Waals surface area contributed by atoms with Crippen LogP contribution in [0.5, 0.6) is 5.75 Å². The van der Waals surface area contributed by atoms with Crippen molar-refractivity contribution in [1.29, 1.82) is 0 Å². The Hall–Kier alpha value is -3.82. The molecule has 40 heavy (non-hydrogen) atoms. The Labute approximate surface area is 232 Å². The zero-order valence-electron chi connectivity index (χ0n) is 22.8. The molecule has 2 N–H and O–H groups in total. The first-order valence-corrected chi connectivity index (χ1v) is 13.6. The van der Waals surface area contributed by atoms with Crippen molar-refractivity contribution in [3.05, 3.63) is 88.5 Å². The number of fused-ring (bicyclic) bond motifs is 1. The summed E-state index contributed by atoms with van der Waals surface area (Å²) in [4.78, 5) is 15.6. The average molecular weight is 549 g/mol. The summed E-state index contributed by atoms with van der Waals surface area (Å²) in [6.07, 6.45) is 3.00. The lowest BCUT2D eigenvalue weighted by molar-refractivity contribution is 0.0664. The zero-order chi connectivity index (χ0) is 28.1. The van der Waals surface area contributed by atoms with Crippen molar-refractivity contribution in [1.82, 2.24) is 15.1 Å². The van der Waals surface area contributed by atoms with Gasteiger partial charge in [0.25, 0.3) is 5.91 Å². The van der Waals surface area contributed by atoms with Crippen LogP contribution >= 0.6 is 0 Å². The van der Waals surface area contributed by atoms with Gasteiger partial charge in [-0.2, -0.15) is 5.10 Å². The molecular weight excluding hydrogens is 514 g/mol. The van der Waals surface area contributed by atoms with E-state index < -0.39 is 11.6 Å². The average Bonchev–Trinajstić information content (AvgIpc) is 3.30. The second-order valence-electron chi connectivity index (χ2n) is 10.6. The number of nitrogens with zero attached hydrogens (tertiary/aromatic N) is 2. The van der Waals surface area contributed by atoms with Gasteiger partial charge in [-0.25, -0.2) is 8.78 Å². The number of benzene rings is 3. The lowest BCUT2D eigenvalue weighted by Crippen LogP contribution is -2.21. The number of hydrogen-bond donors (Lipinski definition) is 2. The van der Waals surface area contributed by atoms with Crippen molar-refractivity contribution in [3.8, 4) is 5.75 Å². The Morgan fingerprint density at radius 1 is 1.05 bits per heavy atom. The van der Waals surface area contributed by atoms with E-state index in [2.05, 4.69) is 20.4 Å². The van der Waals surface area contributed by atoms with Crippen molar-refractivity contribution in [2.24, 2.45) is 5.92 Å². The van der Waals surface area contributed by atoms with Crippen LogP contribution < -0.4 is 10.1 Å². The van der Waals surface area contributed by atoms with E-state index in [-0.39, 0.29) is 5.91 Å². The number of rotatable bonds is 10. The Bertz CT molecular complexity index is 1460. The van der Waals surface area contributed by atoms with Crippen LogP contribution in [-0.4, -0.2) is 61.5 Å². The molecule has 0 bridgehead atoms. The molecule has 9 heteroatoms. The lowest BCUT2D eigenvalue weighted by atomic mass is 9.90. The Balaban J connectivity index is 1.37. The van der Waals surface area contributed by atoms with Crippen LogP contribution in [0.3, 0.4) is 0 Å². The van der Waals surface area contributed by atoms with Crippen LogP contribution in [0.1, 0.15) is 39.9 Å². The van der Waals surface area contributed by atoms with E-state index >= 15 is 0 Å². The number of hydrogen-bond acceptors (Lipinski definition) is 5. The molecule has 0 radical (unpaired) electrons. The van der Waals surface area contributed by atoms with Crippen LogP contribution in [0.2, 0.25) is 0 Å². The standard InChI is InChI=1S/C31H34F2N4O3/c1-37(2)9-12-40-26-4-5-27(23(18-26)14-20-7-10-39-11-8-20)31(38)34-30-28-17-21(3-6-29(28)35-36-30)13-22-15-24(32)19-25(33)16-22/h3-6,15-20H,7-14H2,1-2H3,(H2,34,35,36,38). The van der Waals surface area contributed by atoms with Crippen molar-refractivity contribution in [2.45, 2.75) is 25.7 Å². The number of halogens is 2. The van der Waals surface area contributed by atoms with E-state index in [1.165, 1.54) is 12.1 Å². The summed E-state index contributed by atoms with van der Waals surface area (Å²) >= 11 is 0. The van der Waals surface area contributed by atoms with Crippen molar-refractivity contribution in [2.75, 3.05) is 45.8 Å². The highest BCUT2D eigenvalue weighted by Crippen LogP contribution is 2.28. The molecule has 7 nitrogen and oxygen atoms in total. The van der Waals surface area contributed by atoms with Crippen LogP contribution in [0, 0.1) is 17.6 Å². The first kappa shape index (κ1) is 27.7. The molecule has 5 rings (SSSR count). The summed E-state index contributed by atoms with van der Waals surface area (Å²) in [6.45, 7) is 2.81. The molecule has 1 fully saturated rings. The number of carbonyl (C=O) groups is 1. The number of nitrogens with one attached hydrogen (secondary N) is 2. The van der Waals surface area contributed by atoms with Gasteiger partial charge in [0.15, 0.2) is 5.82 Å². The van der Waals surface area contributed by atoms with Gasteiger partial charge < -0.3 is 19.7 Å². The molecule has 1 aromatic heterocycles. The van der Waals surface area contributed by atoms with Gasteiger partial charge >= 0.3 is 0 Å². The van der Waals surface area contributed by atoms with Gasteiger partial charge in [-0.05, 0) is 105 Å². The molecule has 2 heterocycles. The maximum atomic E-state index is 13.7. The first-order chi connectivity index (χ1) is 19.3. The number of aromatic nitrogens is 2. The van der Waals surface area contributed by atoms with E-state index in [9.17, 15) is 13.6 Å². The maximum Gasteiger partial charge on any atom is 0.257 e. The SMILES string of the molecule is CN(C)CCOc1ccc(C(=O)Nc2n[nH]c3ccc(Cc4cc(F)cc(F)c4)cc23)c(CC2CCOCC2)c1. The van der Waals surface area contributed by atoms with Crippen LogP contribution in [0.25, 0.3) is 10.9 Å². The smallest absolute Gasteiger partial charge is 0.257 e. The van der Waals surface area contributed by atoms with E-state index in [1.54, 1.807) is 0 Å². The molecule has 4 aromatic rings. The van der Waals surface area contributed by atoms with Gasteiger partial charge in [-0.3, -0.25) is 9.89 Å². The summed E-state index contributed by atoms with van der Waals surface area (Å²) in [5, 5.41) is 11.0. The maximum absolute atomic E-state index is 13.7. The number of amides is 1. The molecule has 1 aliphatic heterocycles. The highest BCUT2D eigenvalue weighted by Gasteiger charge is 2.21. The lowest BCUT2D eigenvalue weighted by Gasteiger charge is -2.23. The van der Waals surface area contributed by atoms with Gasteiger partial charge in [-0.1, -0.05) is 6.07 Å². The predicted molar refractivity (Wildman–Crippen MR) is 151 cm³/mol. The predicted octanol–water partition coefficient (Wildman–Crippen LogP) is 5.59. The van der Waals surface area contributed by atoms with Crippen LogP contribution in [0.15, 0.2) is 54.6 Å². The third-order valence-corrected chi connectivity index (χ3v) is 7.17. The minimum atomic E-state index is -0.613. The molecule has 3 aromatic carbocycles. The molecule has 1 aliphatic rings. The fraction of sp³-hybridized carbons (Fsp3) is 0.355. The number of likely N-dealkylation sites (N-methyl/N-ethyl adjacent to an activating group) is 1. The van der Waals surface area contributed by atoms with Gasteiger partial charge in [-0.15, -0.1) is 0 Å². The molecule has 1 saturated heterocycles. The van der Waals surface area contributed by atoms with Gasteiger partial charge in [0.1, 0.15) is 24.0 Å². The normalized spacial score (nSPS) is 14.1. The van der Waals surface area contributed by atoms with E-state index in [0.29, 0.717) is 35.9 Å². The second-order valence-corrected chi connectivity index (χ2v) is 10.6. The molecule has 210 valence electrons. The highest BCUT2D eigenvalue weighted by molar-refractivity contribution is 6.08. The number of anilines is 1. The number of ether oxygens (including phenoxy) is 2. The Kier molecular flexibility index (Phi) is 8.72. The summed E-state index contributed by atoms with van der Waals surface area (Å²) in [5.74, 6) is 0.0856. The van der Waals surface area contributed by atoms with Gasteiger partial charge in [0.2, 0.25) is 0 Å². The van der Waals surface area contributed by atoms with Crippen molar-refractivity contribution >= 4 is 22.6 Å². The molecule has 0 atom stereocenters. The van der Waals surface area contributed by atoms with Crippen molar-refractivity contribution < 1.29 is 23.0 Å². The molecule has 0 spiro atoms. The first-order valence-electron chi connectivity index (χ1n) is 13.6. The molecule has 1 amide bonds.